The van der Waals surface area contributed by atoms with Crippen LogP contribution < -0.4 is 15.5 Å². The Morgan fingerprint density at radius 1 is 1.04 bits per heavy atom. The van der Waals surface area contributed by atoms with Crippen LogP contribution in [0.2, 0.25) is 0 Å². The lowest BCUT2D eigenvalue weighted by atomic mass is 10.2. The molecule has 0 radical (unpaired) electrons. The van der Waals surface area contributed by atoms with E-state index in [4.69, 9.17) is 4.52 Å². The first-order valence-corrected chi connectivity index (χ1v) is 8.13. The zero-order chi connectivity index (χ0) is 17.8. The van der Waals surface area contributed by atoms with Crippen LogP contribution in [-0.2, 0) is 4.79 Å². The number of benzene rings is 1. The van der Waals surface area contributed by atoms with Gasteiger partial charge in [-0.2, -0.15) is 0 Å². The number of rotatable bonds is 3. The Hall–Kier alpha value is -3.03. The van der Waals surface area contributed by atoms with Crippen molar-refractivity contribution in [3.63, 3.8) is 0 Å². The number of aryl methyl sites for hydroxylation is 1. The molecule has 0 unspecified atom stereocenters. The number of nitrogens with zero attached hydrogens (tertiary/aromatic N) is 3. The molecule has 1 aromatic carbocycles. The Morgan fingerprint density at radius 2 is 1.64 bits per heavy atom. The van der Waals surface area contributed by atoms with Crippen molar-refractivity contribution in [2.24, 2.45) is 0 Å². The van der Waals surface area contributed by atoms with Gasteiger partial charge in [0.25, 0.3) is 0 Å². The summed E-state index contributed by atoms with van der Waals surface area (Å²) in [5.74, 6) is 1.46. The highest BCUT2D eigenvalue weighted by molar-refractivity contribution is 5.91. The summed E-state index contributed by atoms with van der Waals surface area (Å²) < 4.78 is 5.09. The zero-order valence-electron chi connectivity index (χ0n) is 14.3. The first kappa shape index (κ1) is 16.8. The molecule has 3 amide bonds. The summed E-state index contributed by atoms with van der Waals surface area (Å²) in [4.78, 5) is 27.2. The van der Waals surface area contributed by atoms with Crippen molar-refractivity contribution < 1.29 is 14.1 Å². The van der Waals surface area contributed by atoms with Crippen LogP contribution in [0.1, 0.15) is 12.7 Å². The molecule has 1 fully saturated rings. The highest BCUT2D eigenvalue weighted by Crippen LogP contribution is 2.17. The van der Waals surface area contributed by atoms with Crippen molar-refractivity contribution in [3.05, 3.63) is 36.1 Å². The predicted octanol–water partition coefficient (Wildman–Crippen LogP) is 2.30. The van der Waals surface area contributed by atoms with E-state index in [-0.39, 0.29) is 11.9 Å². The number of amides is 3. The minimum Gasteiger partial charge on any atom is -0.360 e. The molecule has 0 spiro atoms. The quantitative estimate of drug-likeness (QED) is 0.892. The molecule has 25 heavy (non-hydrogen) atoms. The molecule has 0 saturated carbocycles. The molecular weight excluding hydrogens is 322 g/mol. The van der Waals surface area contributed by atoms with Crippen molar-refractivity contribution in [2.45, 2.75) is 13.8 Å². The van der Waals surface area contributed by atoms with Crippen molar-refractivity contribution in [1.29, 1.82) is 0 Å². The molecular formula is C17H21N5O3. The van der Waals surface area contributed by atoms with Crippen LogP contribution >= 0.6 is 0 Å². The number of piperazine rings is 1. The van der Waals surface area contributed by atoms with Gasteiger partial charge in [0.15, 0.2) is 5.82 Å². The molecule has 8 nitrogen and oxygen atoms in total. The Balaban J connectivity index is 1.51. The normalized spacial score (nSPS) is 14.3. The van der Waals surface area contributed by atoms with E-state index < -0.39 is 0 Å². The second-order valence-electron chi connectivity index (χ2n) is 5.96. The molecule has 1 saturated heterocycles. The molecule has 1 aliphatic heterocycles. The number of hydrogen-bond acceptors (Lipinski definition) is 5. The van der Waals surface area contributed by atoms with Gasteiger partial charge in [0.05, 0.1) is 0 Å². The lowest BCUT2D eigenvalue weighted by molar-refractivity contribution is -0.114. The molecule has 0 bridgehead atoms. The lowest BCUT2D eigenvalue weighted by Crippen LogP contribution is -2.50. The van der Waals surface area contributed by atoms with E-state index in [2.05, 4.69) is 20.7 Å². The fourth-order valence-corrected chi connectivity index (χ4v) is 2.68. The van der Waals surface area contributed by atoms with Crippen LogP contribution in [0.5, 0.6) is 0 Å². The summed E-state index contributed by atoms with van der Waals surface area (Å²) in [6.45, 7) is 5.96. The highest BCUT2D eigenvalue weighted by Gasteiger charge is 2.22. The summed E-state index contributed by atoms with van der Waals surface area (Å²) in [7, 11) is 0. The van der Waals surface area contributed by atoms with E-state index in [1.54, 1.807) is 29.2 Å². The summed E-state index contributed by atoms with van der Waals surface area (Å²) in [5.41, 5.74) is 1.38. The first-order valence-electron chi connectivity index (χ1n) is 8.13. The molecule has 1 aromatic heterocycles. The van der Waals surface area contributed by atoms with Crippen LogP contribution in [0.15, 0.2) is 34.9 Å². The molecule has 0 aliphatic carbocycles. The number of aromatic nitrogens is 1. The monoisotopic (exact) mass is 343 g/mol. The van der Waals surface area contributed by atoms with Crippen molar-refractivity contribution in [1.82, 2.24) is 10.1 Å². The van der Waals surface area contributed by atoms with Crippen molar-refractivity contribution in [2.75, 3.05) is 41.7 Å². The number of carbonyl (C=O) groups is 2. The first-order chi connectivity index (χ1) is 12.0. The predicted molar refractivity (Wildman–Crippen MR) is 94.8 cm³/mol. The van der Waals surface area contributed by atoms with Crippen LogP contribution in [0.3, 0.4) is 0 Å². The Kier molecular flexibility index (Phi) is 4.87. The van der Waals surface area contributed by atoms with Crippen LogP contribution in [0, 0.1) is 6.92 Å². The van der Waals surface area contributed by atoms with E-state index in [1.165, 1.54) is 6.92 Å². The minimum absolute atomic E-state index is 0.128. The molecule has 2 heterocycles. The minimum atomic E-state index is -0.136. The fraction of sp³-hybridized carbons (Fsp3) is 0.353. The fourth-order valence-electron chi connectivity index (χ4n) is 2.68. The topological polar surface area (TPSA) is 90.7 Å². The van der Waals surface area contributed by atoms with Crippen LogP contribution in [0.4, 0.5) is 22.0 Å². The van der Waals surface area contributed by atoms with Gasteiger partial charge >= 0.3 is 6.03 Å². The molecule has 2 N–H and O–H groups in total. The highest BCUT2D eigenvalue weighted by atomic mass is 16.5. The van der Waals surface area contributed by atoms with Gasteiger partial charge in [0.1, 0.15) is 5.76 Å². The lowest BCUT2D eigenvalue weighted by Gasteiger charge is -2.34. The summed E-state index contributed by atoms with van der Waals surface area (Å²) in [6.07, 6.45) is 0. The summed E-state index contributed by atoms with van der Waals surface area (Å²) in [5, 5.41) is 9.57. The van der Waals surface area contributed by atoms with Gasteiger partial charge in [0.2, 0.25) is 5.91 Å². The Labute approximate surface area is 145 Å². The van der Waals surface area contributed by atoms with Gasteiger partial charge < -0.3 is 25.0 Å². The Bertz CT molecular complexity index is 748. The third-order valence-electron chi connectivity index (χ3n) is 3.96. The number of anilines is 3. The van der Waals surface area contributed by atoms with Gasteiger partial charge in [-0.05, 0) is 31.2 Å². The molecule has 132 valence electrons. The number of nitrogens with one attached hydrogen (secondary N) is 2. The van der Waals surface area contributed by atoms with E-state index in [9.17, 15) is 9.59 Å². The number of hydrogen-bond donors (Lipinski definition) is 2. The third-order valence-corrected chi connectivity index (χ3v) is 3.96. The van der Waals surface area contributed by atoms with Gasteiger partial charge in [-0.25, -0.2) is 4.79 Å². The molecule has 0 atom stereocenters. The molecule has 1 aliphatic rings. The average molecular weight is 343 g/mol. The largest absolute Gasteiger partial charge is 0.360 e. The van der Waals surface area contributed by atoms with Crippen molar-refractivity contribution >= 4 is 29.1 Å². The van der Waals surface area contributed by atoms with Crippen LogP contribution in [0.25, 0.3) is 0 Å². The zero-order valence-corrected chi connectivity index (χ0v) is 14.3. The van der Waals surface area contributed by atoms with Gasteiger partial charge in [-0.3, -0.25) is 4.79 Å². The average Bonchev–Trinajstić information content (AvgIpc) is 3.03. The number of urea groups is 1. The summed E-state index contributed by atoms with van der Waals surface area (Å²) >= 11 is 0. The third kappa shape index (κ3) is 4.28. The smallest absolute Gasteiger partial charge is 0.321 e. The van der Waals surface area contributed by atoms with Gasteiger partial charge in [-0.1, -0.05) is 5.16 Å². The van der Waals surface area contributed by atoms with Gasteiger partial charge in [-0.15, -0.1) is 0 Å². The second-order valence-corrected chi connectivity index (χ2v) is 5.96. The standard InChI is InChI=1S/C17H21N5O3/c1-12-11-16(20-25-12)21-7-9-22(10-8-21)17(24)19-15-5-3-14(4-6-15)18-13(2)23/h3-6,11H,7-10H2,1-2H3,(H,18,23)(H,19,24). The Morgan fingerprint density at radius 3 is 2.16 bits per heavy atom. The molecule has 8 heteroatoms. The number of carbonyl (C=O) groups excluding carboxylic acids is 2. The SMILES string of the molecule is CC(=O)Nc1ccc(NC(=O)N2CCN(c3cc(C)on3)CC2)cc1. The molecule has 2 aromatic rings. The van der Waals surface area contributed by atoms with E-state index in [0.717, 1.165) is 11.6 Å². The maximum Gasteiger partial charge on any atom is 0.321 e. The second kappa shape index (κ2) is 7.25. The van der Waals surface area contributed by atoms with E-state index >= 15 is 0 Å². The van der Waals surface area contributed by atoms with Crippen molar-refractivity contribution in [3.8, 4) is 0 Å². The van der Waals surface area contributed by atoms with E-state index in [0.29, 0.717) is 37.6 Å². The maximum atomic E-state index is 12.4. The molecule has 3 rings (SSSR count). The summed E-state index contributed by atoms with van der Waals surface area (Å²) in [6, 6.07) is 8.79. The van der Waals surface area contributed by atoms with Gasteiger partial charge in [0, 0.05) is 50.5 Å². The van der Waals surface area contributed by atoms with Crippen LogP contribution in [-0.4, -0.2) is 48.2 Å². The van der Waals surface area contributed by atoms with E-state index in [1.807, 2.05) is 13.0 Å². The maximum absolute atomic E-state index is 12.4.